The van der Waals surface area contributed by atoms with Crippen molar-refractivity contribution in [2.45, 2.75) is 46.3 Å². The number of hydrogen-bond donors (Lipinski definition) is 0. The van der Waals surface area contributed by atoms with Gasteiger partial charge in [0, 0.05) is 0 Å². The van der Waals surface area contributed by atoms with Crippen LogP contribution in [0.5, 0.6) is 11.5 Å². The molecule has 26 heavy (non-hydrogen) atoms. The van der Waals surface area contributed by atoms with Crippen molar-refractivity contribution in [2.24, 2.45) is 0 Å². The van der Waals surface area contributed by atoms with Crippen molar-refractivity contribution in [2.75, 3.05) is 7.11 Å². The highest BCUT2D eigenvalue weighted by Gasteiger charge is 2.20. The number of nitrogens with zero attached hydrogens (tertiary/aromatic N) is 1. The quantitative estimate of drug-likeness (QED) is 0.340. The van der Waals surface area contributed by atoms with Crippen molar-refractivity contribution in [3.8, 4) is 17.6 Å². The topological polar surface area (TPSA) is 94.9 Å². The molecular weight excluding hydrogens is 338 g/mol. The van der Waals surface area contributed by atoms with Gasteiger partial charge in [-0.15, -0.1) is 0 Å². The predicted molar refractivity (Wildman–Crippen MR) is 94.7 cm³/mol. The van der Waals surface area contributed by atoms with Gasteiger partial charge in [0.15, 0.2) is 11.5 Å². The van der Waals surface area contributed by atoms with Crippen LogP contribution in [0.15, 0.2) is 23.8 Å². The van der Waals surface area contributed by atoms with Gasteiger partial charge in [-0.2, -0.15) is 5.26 Å². The standard InChI is InChI=1S/C19H23NO6/c1-12(2)24-17(21)14(11-20)9-13-7-8-15(16(10-13)23-6)25-18(22)26-19(3,4)5/h7-10,12H,1-6H3/b14-9+. The number of ether oxygens (including phenoxy) is 4. The molecule has 0 bridgehead atoms. The molecule has 140 valence electrons. The first-order valence-electron chi connectivity index (χ1n) is 7.97. The molecule has 0 spiro atoms. The molecule has 0 aromatic heterocycles. The van der Waals surface area contributed by atoms with Gasteiger partial charge in [0.05, 0.1) is 13.2 Å². The molecule has 0 saturated carbocycles. The number of carbonyl (C=O) groups is 2. The van der Waals surface area contributed by atoms with Gasteiger partial charge in [0.1, 0.15) is 17.2 Å². The van der Waals surface area contributed by atoms with Crippen molar-refractivity contribution in [1.29, 1.82) is 5.26 Å². The maximum Gasteiger partial charge on any atom is 0.514 e. The smallest absolute Gasteiger partial charge is 0.493 e. The van der Waals surface area contributed by atoms with Crippen LogP contribution in [0, 0.1) is 11.3 Å². The Morgan fingerprint density at radius 2 is 1.85 bits per heavy atom. The number of esters is 1. The Bertz CT molecular complexity index is 737. The van der Waals surface area contributed by atoms with E-state index in [0.29, 0.717) is 5.56 Å². The lowest BCUT2D eigenvalue weighted by Crippen LogP contribution is -2.26. The van der Waals surface area contributed by atoms with E-state index in [1.165, 1.54) is 25.3 Å². The summed E-state index contributed by atoms with van der Waals surface area (Å²) < 4.78 is 20.4. The second-order valence-electron chi connectivity index (χ2n) is 6.60. The van der Waals surface area contributed by atoms with Crippen LogP contribution in [0.3, 0.4) is 0 Å². The summed E-state index contributed by atoms with van der Waals surface area (Å²) in [6.45, 7) is 8.55. The summed E-state index contributed by atoms with van der Waals surface area (Å²) in [5.41, 5.74) is -0.330. The van der Waals surface area contributed by atoms with Crippen molar-refractivity contribution in [3.05, 3.63) is 29.3 Å². The second-order valence-corrected chi connectivity index (χ2v) is 6.60. The fraction of sp³-hybridized carbons (Fsp3) is 0.421. The minimum Gasteiger partial charge on any atom is -0.493 e. The fourth-order valence-corrected chi connectivity index (χ4v) is 1.80. The largest absolute Gasteiger partial charge is 0.514 e. The van der Waals surface area contributed by atoms with E-state index >= 15 is 0 Å². The van der Waals surface area contributed by atoms with E-state index in [-0.39, 0.29) is 23.2 Å². The first-order chi connectivity index (χ1) is 12.1. The van der Waals surface area contributed by atoms with Gasteiger partial charge < -0.3 is 18.9 Å². The summed E-state index contributed by atoms with van der Waals surface area (Å²) in [7, 11) is 1.41. The Kier molecular flexibility index (Phi) is 7.20. The van der Waals surface area contributed by atoms with E-state index in [2.05, 4.69) is 0 Å². The Hall–Kier alpha value is -3.01. The zero-order chi connectivity index (χ0) is 19.9. The summed E-state index contributed by atoms with van der Waals surface area (Å²) in [5, 5.41) is 9.14. The number of hydrogen-bond acceptors (Lipinski definition) is 7. The monoisotopic (exact) mass is 361 g/mol. The summed E-state index contributed by atoms with van der Waals surface area (Å²) >= 11 is 0. The molecule has 0 unspecified atom stereocenters. The lowest BCUT2D eigenvalue weighted by molar-refractivity contribution is -0.142. The molecule has 0 fully saturated rings. The van der Waals surface area contributed by atoms with Gasteiger partial charge in [0.25, 0.3) is 0 Å². The third kappa shape index (κ3) is 6.85. The molecule has 0 saturated heterocycles. The van der Waals surface area contributed by atoms with Crippen molar-refractivity contribution < 1.29 is 28.5 Å². The lowest BCUT2D eigenvalue weighted by Gasteiger charge is -2.19. The maximum absolute atomic E-state index is 11.9. The molecule has 0 aliphatic heterocycles. The van der Waals surface area contributed by atoms with Gasteiger partial charge in [-0.1, -0.05) is 6.07 Å². The minimum absolute atomic E-state index is 0.151. The van der Waals surface area contributed by atoms with Crippen LogP contribution in [0.2, 0.25) is 0 Å². The van der Waals surface area contributed by atoms with Crippen molar-refractivity contribution in [1.82, 2.24) is 0 Å². The van der Waals surface area contributed by atoms with Gasteiger partial charge in [-0.3, -0.25) is 0 Å². The zero-order valence-corrected chi connectivity index (χ0v) is 15.8. The number of methoxy groups -OCH3 is 1. The molecule has 1 rings (SSSR count). The Morgan fingerprint density at radius 1 is 1.19 bits per heavy atom. The predicted octanol–water partition coefficient (Wildman–Crippen LogP) is 3.87. The number of carbonyl (C=O) groups excluding carboxylic acids is 2. The highest BCUT2D eigenvalue weighted by Crippen LogP contribution is 2.29. The van der Waals surface area contributed by atoms with Crippen LogP contribution in [0.1, 0.15) is 40.2 Å². The van der Waals surface area contributed by atoms with E-state index < -0.39 is 17.7 Å². The molecule has 7 heteroatoms. The van der Waals surface area contributed by atoms with E-state index in [9.17, 15) is 9.59 Å². The van der Waals surface area contributed by atoms with Gasteiger partial charge in [-0.05, 0) is 58.4 Å². The fourth-order valence-electron chi connectivity index (χ4n) is 1.80. The molecule has 0 N–H and O–H groups in total. The number of rotatable bonds is 5. The molecule has 1 aromatic rings. The third-order valence-corrected chi connectivity index (χ3v) is 2.76. The third-order valence-electron chi connectivity index (χ3n) is 2.76. The number of benzene rings is 1. The molecule has 0 aliphatic carbocycles. The van der Waals surface area contributed by atoms with Crippen LogP contribution in [-0.2, 0) is 14.3 Å². The van der Waals surface area contributed by atoms with E-state index in [4.69, 9.17) is 24.2 Å². The average Bonchev–Trinajstić information content (AvgIpc) is 2.51. The van der Waals surface area contributed by atoms with E-state index in [1.54, 1.807) is 46.8 Å². The Morgan fingerprint density at radius 3 is 2.35 bits per heavy atom. The first-order valence-corrected chi connectivity index (χ1v) is 7.97. The highest BCUT2D eigenvalue weighted by molar-refractivity contribution is 5.98. The molecule has 0 aliphatic rings. The SMILES string of the molecule is COc1cc(/C=C(\C#N)C(=O)OC(C)C)ccc1OC(=O)OC(C)(C)C. The molecule has 0 radical (unpaired) electrons. The van der Waals surface area contributed by atoms with E-state index in [1.807, 2.05) is 0 Å². The number of nitriles is 1. The molecular formula is C19H23NO6. The molecule has 1 aromatic carbocycles. The summed E-state index contributed by atoms with van der Waals surface area (Å²) in [5.74, 6) is -0.308. The van der Waals surface area contributed by atoms with Gasteiger partial charge >= 0.3 is 12.1 Å². The van der Waals surface area contributed by atoms with Crippen LogP contribution in [0.4, 0.5) is 4.79 Å². The zero-order valence-electron chi connectivity index (χ0n) is 15.8. The van der Waals surface area contributed by atoms with Crippen LogP contribution in [-0.4, -0.2) is 30.9 Å². The Labute approximate surface area is 153 Å². The van der Waals surface area contributed by atoms with Gasteiger partial charge in [0.2, 0.25) is 0 Å². The van der Waals surface area contributed by atoms with Crippen LogP contribution < -0.4 is 9.47 Å². The Balaban J connectivity index is 3.04. The summed E-state index contributed by atoms with van der Waals surface area (Å²) in [4.78, 5) is 23.6. The lowest BCUT2D eigenvalue weighted by atomic mass is 10.1. The summed E-state index contributed by atoms with van der Waals surface area (Å²) in [6.07, 6.45) is 0.167. The summed E-state index contributed by atoms with van der Waals surface area (Å²) in [6, 6.07) is 6.39. The van der Waals surface area contributed by atoms with Crippen molar-refractivity contribution in [3.63, 3.8) is 0 Å². The molecule has 0 amide bonds. The van der Waals surface area contributed by atoms with Crippen LogP contribution >= 0.6 is 0 Å². The van der Waals surface area contributed by atoms with E-state index in [0.717, 1.165) is 0 Å². The minimum atomic E-state index is -0.864. The molecule has 7 nitrogen and oxygen atoms in total. The average molecular weight is 361 g/mol. The first kappa shape index (κ1) is 21.0. The molecule has 0 atom stereocenters. The van der Waals surface area contributed by atoms with Crippen LogP contribution in [0.25, 0.3) is 6.08 Å². The van der Waals surface area contributed by atoms with Crippen molar-refractivity contribution >= 4 is 18.2 Å². The normalized spacial score (nSPS) is 11.5. The second kappa shape index (κ2) is 8.90. The highest BCUT2D eigenvalue weighted by atomic mass is 16.7. The maximum atomic E-state index is 11.9. The molecule has 0 heterocycles. The van der Waals surface area contributed by atoms with Gasteiger partial charge in [-0.25, -0.2) is 9.59 Å².